The first kappa shape index (κ1) is 35.7. The van der Waals surface area contributed by atoms with Crippen LogP contribution < -0.4 is 15.2 Å². The zero-order chi connectivity index (χ0) is 25.5. The Bertz CT molecular complexity index is 777. The largest absolute Gasteiger partial charge is 1.00 e. The topological polar surface area (TPSA) is 24.9 Å². The summed E-state index contributed by atoms with van der Waals surface area (Å²) >= 11 is -1.20. The van der Waals surface area contributed by atoms with Gasteiger partial charge < -0.3 is 18.9 Å². The van der Waals surface area contributed by atoms with E-state index in [9.17, 15) is 0 Å². The molecule has 0 spiro atoms. The molecule has 0 aromatic heterocycles. The number of ether oxygens (including phenoxy) is 2. The Balaban J connectivity index is 0.000000892. The second-order valence-electron chi connectivity index (χ2n) is 9.48. The van der Waals surface area contributed by atoms with Gasteiger partial charge in [0.05, 0.1) is 0 Å². The molecule has 2 heterocycles. The summed E-state index contributed by atoms with van der Waals surface area (Å²) in [6, 6.07) is 13.5. The molecule has 0 N–H and O–H groups in total. The van der Waals surface area contributed by atoms with E-state index in [2.05, 4.69) is 83.7 Å². The number of benzene rings is 2. The van der Waals surface area contributed by atoms with E-state index in [-0.39, 0.29) is 9.41 Å². The molecule has 2 saturated heterocycles. The van der Waals surface area contributed by atoms with Crippen LogP contribution in [-0.4, -0.2) is 39.5 Å². The summed E-state index contributed by atoms with van der Waals surface area (Å²) in [6.45, 7) is 19.9. The van der Waals surface area contributed by atoms with Crippen molar-refractivity contribution in [1.29, 1.82) is 0 Å². The quantitative estimate of drug-likeness (QED) is 0.395. The predicted octanol–water partition coefficient (Wildman–Crippen LogP) is 1.57. The van der Waals surface area contributed by atoms with Crippen LogP contribution in [0.2, 0.25) is 0 Å². The van der Waals surface area contributed by atoms with E-state index in [0.29, 0.717) is 0 Å². The molecule has 2 fully saturated rings. The van der Waals surface area contributed by atoms with E-state index in [1.807, 2.05) is 0 Å². The molecule has 0 aliphatic carbocycles. The Labute approximate surface area is 237 Å². The summed E-state index contributed by atoms with van der Waals surface area (Å²) < 4.78 is 15.4. The Hall–Kier alpha value is -1.31. The molecule has 7 heteroatoms. The molecule has 37 heavy (non-hydrogen) atoms. The molecule has 0 saturated carbocycles. The van der Waals surface area contributed by atoms with E-state index in [1.54, 1.807) is 0 Å². The second-order valence-corrected chi connectivity index (χ2v) is 14.1. The van der Waals surface area contributed by atoms with E-state index in [1.165, 1.54) is 85.2 Å². The third-order valence-electron chi connectivity index (χ3n) is 6.52. The van der Waals surface area contributed by atoms with Crippen LogP contribution >= 0.6 is 0 Å². The molecule has 0 amide bonds. The fourth-order valence-electron chi connectivity index (χ4n) is 4.12. The predicted molar refractivity (Wildman–Crippen MR) is 147 cm³/mol. The van der Waals surface area contributed by atoms with Gasteiger partial charge in [0, 0.05) is 26.4 Å². The van der Waals surface area contributed by atoms with Gasteiger partial charge in [0.2, 0.25) is 0 Å². The van der Waals surface area contributed by atoms with Gasteiger partial charge in [0.1, 0.15) is 0 Å². The minimum atomic E-state index is -1.20. The first-order valence-corrected chi connectivity index (χ1v) is 16.8. The van der Waals surface area contributed by atoms with Crippen molar-refractivity contribution in [3.63, 3.8) is 0 Å². The number of hydrogen-bond donors (Lipinski definition) is 0. The summed E-state index contributed by atoms with van der Waals surface area (Å²) in [5, 5.41) is 0. The van der Waals surface area contributed by atoms with Crippen molar-refractivity contribution in [2.75, 3.05) is 45.3 Å². The standard InChI is InChI=1S/2C11H16N.2C4H8O.2FH.Hf/c2*1-4-8-12-11-7-5-6-9(2)10(11)3;2*1-2-4-5-3-1;;;/h2*5-7H,4,8H2,1-3H3;2*1-4H2;2*1H;/q2*-1;;;;;+4/p-2. The van der Waals surface area contributed by atoms with Gasteiger partial charge in [-0.2, -0.15) is 0 Å². The molecule has 0 unspecified atom stereocenters. The van der Waals surface area contributed by atoms with Gasteiger partial charge >= 0.3 is 167 Å². The van der Waals surface area contributed by atoms with Crippen molar-refractivity contribution >= 4 is 11.4 Å². The second kappa shape index (κ2) is 20.6. The average molecular weight is 685 g/mol. The molecule has 4 nitrogen and oxygen atoms in total. The summed E-state index contributed by atoms with van der Waals surface area (Å²) in [4.78, 5) is 0. The fourth-order valence-corrected chi connectivity index (χ4v) is 10.0. The zero-order valence-electron chi connectivity index (χ0n) is 23.9. The molecule has 208 valence electrons. The first-order valence-electron chi connectivity index (χ1n) is 13.6. The third kappa shape index (κ3) is 12.4. The summed E-state index contributed by atoms with van der Waals surface area (Å²) in [5.41, 5.74) is 8.60. The van der Waals surface area contributed by atoms with Crippen molar-refractivity contribution in [3.05, 3.63) is 58.7 Å². The fraction of sp³-hybridized carbons (Fsp3) is 0.600. The maximum Gasteiger partial charge on any atom is -1.00 e. The normalized spacial score (nSPS) is 13.6. The SMILES string of the molecule is C1CCOC1.C1CCOC1.CCC[N]([Hf+2][N](CCC)c1cccc(C)c1C)c1cccc(C)c1C.[F-].[F-]. The van der Waals surface area contributed by atoms with Gasteiger partial charge in [-0.05, 0) is 25.7 Å². The number of nitrogens with zero attached hydrogens (tertiary/aromatic N) is 2. The molecule has 0 atom stereocenters. The Morgan fingerprint density at radius 2 is 0.973 bits per heavy atom. The van der Waals surface area contributed by atoms with Gasteiger partial charge in [0.25, 0.3) is 0 Å². The van der Waals surface area contributed by atoms with Gasteiger partial charge in [-0.15, -0.1) is 0 Å². The molecule has 2 aromatic rings. The molecule has 0 bridgehead atoms. The molecule has 4 rings (SSSR count). The monoisotopic (exact) mass is 686 g/mol. The third-order valence-corrected chi connectivity index (χ3v) is 11.6. The average Bonchev–Trinajstić information content (AvgIpc) is 3.62. The maximum absolute atomic E-state index is 4.94. The number of halogens is 2. The van der Waals surface area contributed by atoms with Crippen molar-refractivity contribution in [1.82, 2.24) is 0 Å². The minimum absolute atomic E-state index is 0. The number of hydrogen-bond acceptors (Lipinski definition) is 4. The summed E-state index contributed by atoms with van der Waals surface area (Å²) in [5.74, 6) is 0. The van der Waals surface area contributed by atoms with E-state index in [0.717, 1.165) is 26.4 Å². The van der Waals surface area contributed by atoms with Gasteiger partial charge in [-0.1, -0.05) is 0 Å². The van der Waals surface area contributed by atoms with E-state index in [4.69, 9.17) is 9.47 Å². The number of rotatable bonds is 8. The smallest absolute Gasteiger partial charge is 1.00 e. The van der Waals surface area contributed by atoms with Crippen LogP contribution in [0.3, 0.4) is 0 Å². The van der Waals surface area contributed by atoms with Gasteiger partial charge in [0.15, 0.2) is 0 Å². The van der Waals surface area contributed by atoms with E-state index < -0.39 is 23.5 Å². The molecule has 2 aliphatic rings. The zero-order valence-corrected chi connectivity index (χ0v) is 27.5. The first-order chi connectivity index (χ1) is 17.0. The summed E-state index contributed by atoms with van der Waals surface area (Å²) in [7, 11) is 0. The van der Waals surface area contributed by atoms with E-state index >= 15 is 0 Å². The van der Waals surface area contributed by atoms with Crippen LogP contribution in [0.25, 0.3) is 0 Å². The Kier molecular flexibility index (Phi) is 19.9. The summed E-state index contributed by atoms with van der Waals surface area (Å²) in [6.07, 6.45) is 7.51. The number of aryl methyl sites for hydroxylation is 2. The van der Waals surface area contributed by atoms with Crippen molar-refractivity contribution in [2.24, 2.45) is 0 Å². The molecule has 0 radical (unpaired) electrons. The molecular weight excluding hydrogens is 637 g/mol. The van der Waals surface area contributed by atoms with Crippen LogP contribution in [-0.2, 0) is 33.0 Å². The molecule has 2 aromatic carbocycles. The van der Waals surface area contributed by atoms with Gasteiger partial charge in [-0.25, -0.2) is 0 Å². The van der Waals surface area contributed by atoms with Crippen molar-refractivity contribution in [3.8, 4) is 0 Å². The molecule has 2 aliphatic heterocycles. The van der Waals surface area contributed by atoms with Crippen LogP contribution in [0.4, 0.5) is 11.4 Å². The Morgan fingerprint density at radius 3 is 1.24 bits per heavy atom. The van der Waals surface area contributed by atoms with Crippen molar-refractivity contribution in [2.45, 2.75) is 80.1 Å². The maximum atomic E-state index is 4.94. The van der Waals surface area contributed by atoms with Crippen LogP contribution in [0.5, 0.6) is 0 Å². The minimum Gasteiger partial charge on any atom is -1.00 e. The van der Waals surface area contributed by atoms with Crippen LogP contribution in [0, 0.1) is 27.7 Å². The Morgan fingerprint density at radius 1 is 0.622 bits per heavy atom. The van der Waals surface area contributed by atoms with Crippen molar-refractivity contribution < 1.29 is 42.4 Å². The molecular formula is C30H48F2HfN2O2. The van der Waals surface area contributed by atoms with Gasteiger partial charge in [-0.3, -0.25) is 0 Å². The van der Waals surface area contributed by atoms with Crippen LogP contribution in [0.1, 0.15) is 74.6 Å². The number of anilines is 2. The van der Waals surface area contributed by atoms with Crippen LogP contribution in [0.15, 0.2) is 36.4 Å².